The number of imidazole rings is 1. The van der Waals surface area contributed by atoms with Crippen LogP contribution in [0, 0.1) is 0 Å². The van der Waals surface area contributed by atoms with Crippen molar-refractivity contribution in [1.29, 1.82) is 0 Å². The average Bonchev–Trinajstić information content (AvgIpc) is 3.09. The normalized spacial score (nSPS) is 14.8. The van der Waals surface area contributed by atoms with Crippen molar-refractivity contribution in [2.75, 3.05) is 31.7 Å². The van der Waals surface area contributed by atoms with Crippen molar-refractivity contribution in [2.24, 2.45) is 0 Å². The molecule has 3 heterocycles. The van der Waals surface area contributed by atoms with Gasteiger partial charge in [0.25, 0.3) is 0 Å². The largest absolute Gasteiger partial charge is 0.486 e. The van der Waals surface area contributed by atoms with E-state index >= 15 is 0 Å². The number of fused-ring (bicyclic) bond motifs is 3. The topological polar surface area (TPSA) is 83.8 Å². The van der Waals surface area contributed by atoms with Crippen molar-refractivity contribution in [3.05, 3.63) is 36.2 Å². The SMILES string of the molecule is CC(C)c1nc2cc3c(cc2n1CC(=O)Nc1ccc2c(c1)OCCO2)OCCO3. The van der Waals surface area contributed by atoms with Crippen LogP contribution in [0.15, 0.2) is 30.3 Å². The van der Waals surface area contributed by atoms with Crippen LogP contribution < -0.4 is 24.3 Å². The highest BCUT2D eigenvalue weighted by Crippen LogP contribution is 2.36. The van der Waals surface area contributed by atoms with Crippen LogP contribution in [0.2, 0.25) is 0 Å². The number of anilines is 1. The smallest absolute Gasteiger partial charge is 0.244 e. The van der Waals surface area contributed by atoms with Gasteiger partial charge in [0.1, 0.15) is 38.8 Å². The van der Waals surface area contributed by atoms with Gasteiger partial charge in [-0.05, 0) is 12.1 Å². The summed E-state index contributed by atoms with van der Waals surface area (Å²) in [7, 11) is 0. The van der Waals surface area contributed by atoms with Crippen LogP contribution in [-0.2, 0) is 11.3 Å². The Labute approximate surface area is 173 Å². The second kappa shape index (κ2) is 7.44. The van der Waals surface area contributed by atoms with Gasteiger partial charge in [-0.1, -0.05) is 13.8 Å². The lowest BCUT2D eigenvalue weighted by atomic mass is 10.2. The van der Waals surface area contributed by atoms with Crippen molar-refractivity contribution in [3.8, 4) is 23.0 Å². The maximum absolute atomic E-state index is 12.9. The summed E-state index contributed by atoms with van der Waals surface area (Å²) in [5.74, 6) is 3.53. The van der Waals surface area contributed by atoms with E-state index in [1.807, 2.05) is 22.8 Å². The van der Waals surface area contributed by atoms with E-state index in [2.05, 4.69) is 19.2 Å². The van der Waals surface area contributed by atoms with E-state index in [-0.39, 0.29) is 18.4 Å². The quantitative estimate of drug-likeness (QED) is 0.712. The third-order valence-electron chi connectivity index (χ3n) is 5.09. The Kier molecular flexibility index (Phi) is 4.61. The fraction of sp³-hybridized carbons (Fsp3) is 0.364. The Balaban J connectivity index is 1.43. The highest BCUT2D eigenvalue weighted by atomic mass is 16.6. The molecule has 2 aromatic carbocycles. The molecular formula is C22H23N3O5. The van der Waals surface area contributed by atoms with Gasteiger partial charge in [-0.3, -0.25) is 4.79 Å². The number of nitrogens with one attached hydrogen (secondary N) is 1. The van der Waals surface area contributed by atoms with E-state index in [1.54, 1.807) is 12.1 Å². The second-order valence-electron chi connectivity index (χ2n) is 7.60. The molecule has 0 saturated heterocycles. The predicted molar refractivity (Wildman–Crippen MR) is 111 cm³/mol. The minimum absolute atomic E-state index is 0.137. The summed E-state index contributed by atoms with van der Waals surface area (Å²) in [5, 5.41) is 2.94. The van der Waals surface area contributed by atoms with E-state index in [9.17, 15) is 4.79 Å². The van der Waals surface area contributed by atoms with Crippen molar-refractivity contribution in [3.63, 3.8) is 0 Å². The van der Waals surface area contributed by atoms with Gasteiger partial charge in [0.15, 0.2) is 23.0 Å². The molecule has 0 bridgehead atoms. The molecule has 1 N–H and O–H groups in total. The monoisotopic (exact) mass is 409 g/mol. The van der Waals surface area contributed by atoms with Gasteiger partial charge in [-0.25, -0.2) is 4.98 Å². The zero-order chi connectivity index (χ0) is 20.7. The summed E-state index contributed by atoms with van der Waals surface area (Å²) < 4.78 is 24.5. The number of carbonyl (C=O) groups is 1. The van der Waals surface area contributed by atoms with Crippen molar-refractivity contribution in [2.45, 2.75) is 26.3 Å². The molecule has 0 aliphatic carbocycles. The summed E-state index contributed by atoms with van der Waals surface area (Å²) in [6, 6.07) is 9.18. The molecule has 0 radical (unpaired) electrons. The number of ether oxygens (including phenoxy) is 4. The van der Waals surface area contributed by atoms with E-state index < -0.39 is 0 Å². The van der Waals surface area contributed by atoms with Crippen molar-refractivity contribution >= 4 is 22.6 Å². The third-order valence-corrected chi connectivity index (χ3v) is 5.09. The van der Waals surface area contributed by atoms with E-state index in [4.69, 9.17) is 23.9 Å². The molecule has 0 atom stereocenters. The standard InChI is InChI=1S/C22H23N3O5/c1-13(2)22-24-15-10-19-20(30-8-7-29-19)11-16(15)25(22)12-21(26)23-14-3-4-17-18(9-14)28-6-5-27-17/h3-4,9-11,13H,5-8,12H2,1-2H3,(H,23,26). The van der Waals surface area contributed by atoms with Gasteiger partial charge < -0.3 is 28.8 Å². The molecule has 1 amide bonds. The summed E-state index contributed by atoms with van der Waals surface area (Å²) in [4.78, 5) is 17.6. The molecule has 0 unspecified atom stereocenters. The van der Waals surface area contributed by atoms with Crippen LogP contribution in [0.3, 0.4) is 0 Å². The Morgan fingerprint density at radius 1 is 0.967 bits per heavy atom. The summed E-state index contributed by atoms with van der Waals surface area (Å²) in [6.45, 7) is 6.31. The number of aromatic nitrogens is 2. The fourth-order valence-corrected chi connectivity index (χ4v) is 3.75. The van der Waals surface area contributed by atoms with Crippen LogP contribution in [0.1, 0.15) is 25.6 Å². The van der Waals surface area contributed by atoms with E-state index in [0.717, 1.165) is 16.9 Å². The van der Waals surface area contributed by atoms with E-state index in [0.29, 0.717) is 55.1 Å². The van der Waals surface area contributed by atoms with Crippen molar-refractivity contribution in [1.82, 2.24) is 9.55 Å². The molecule has 2 aliphatic heterocycles. The summed E-state index contributed by atoms with van der Waals surface area (Å²) in [5.41, 5.74) is 2.30. The molecule has 5 rings (SSSR count). The zero-order valence-corrected chi connectivity index (χ0v) is 16.9. The van der Waals surface area contributed by atoms with Crippen LogP contribution in [-0.4, -0.2) is 41.9 Å². The first kappa shape index (κ1) is 18.6. The molecular weight excluding hydrogens is 386 g/mol. The maximum Gasteiger partial charge on any atom is 0.244 e. The molecule has 156 valence electrons. The summed E-state index contributed by atoms with van der Waals surface area (Å²) in [6.07, 6.45) is 0. The third kappa shape index (κ3) is 3.38. The molecule has 30 heavy (non-hydrogen) atoms. The molecule has 0 saturated carbocycles. The predicted octanol–water partition coefficient (Wildman–Crippen LogP) is 3.34. The van der Waals surface area contributed by atoms with Gasteiger partial charge in [0, 0.05) is 29.8 Å². The molecule has 3 aromatic rings. The van der Waals surface area contributed by atoms with E-state index in [1.165, 1.54) is 0 Å². The van der Waals surface area contributed by atoms with Crippen molar-refractivity contribution < 1.29 is 23.7 Å². The van der Waals surface area contributed by atoms with Gasteiger partial charge in [-0.2, -0.15) is 0 Å². The molecule has 8 heteroatoms. The Morgan fingerprint density at radius 2 is 1.60 bits per heavy atom. The lowest BCUT2D eigenvalue weighted by Gasteiger charge is -2.19. The van der Waals surface area contributed by atoms with Crippen LogP contribution >= 0.6 is 0 Å². The first-order valence-corrected chi connectivity index (χ1v) is 10.1. The number of carbonyl (C=O) groups excluding carboxylic acids is 1. The number of nitrogens with zero attached hydrogens (tertiary/aromatic N) is 2. The fourth-order valence-electron chi connectivity index (χ4n) is 3.75. The first-order valence-electron chi connectivity index (χ1n) is 10.1. The lowest BCUT2D eigenvalue weighted by Crippen LogP contribution is -2.21. The molecule has 1 aromatic heterocycles. The van der Waals surface area contributed by atoms with Gasteiger partial charge in [0.05, 0.1) is 11.0 Å². The van der Waals surface area contributed by atoms with Gasteiger partial charge in [-0.15, -0.1) is 0 Å². The molecule has 8 nitrogen and oxygen atoms in total. The Hall–Kier alpha value is -3.42. The Bertz CT molecular complexity index is 1120. The average molecular weight is 409 g/mol. The van der Waals surface area contributed by atoms with Gasteiger partial charge >= 0.3 is 0 Å². The molecule has 0 spiro atoms. The molecule has 2 aliphatic rings. The number of rotatable bonds is 4. The number of benzene rings is 2. The highest BCUT2D eigenvalue weighted by molar-refractivity contribution is 5.92. The molecule has 0 fully saturated rings. The highest BCUT2D eigenvalue weighted by Gasteiger charge is 2.21. The van der Waals surface area contributed by atoms with Crippen LogP contribution in [0.4, 0.5) is 5.69 Å². The zero-order valence-electron chi connectivity index (χ0n) is 16.9. The minimum Gasteiger partial charge on any atom is -0.486 e. The van der Waals surface area contributed by atoms with Crippen LogP contribution in [0.25, 0.3) is 11.0 Å². The second-order valence-corrected chi connectivity index (χ2v) is 7.60. The lowest BCUT2D eigenvalue weighted by molar-refractivity contribution is -0.116. The first-order chi connectivity index (χ1) is 14.6. The number of hydrogen-bond acceptors (Lipinski definition) is 6. The maximum atomic E-state index is 12.9. The minimum atomic E-state index is -0.150. The number of hydrogen-bond donors (Lipinski definition) is 1. The van der Waals surface area contributed by atoms with Crippen LogP contribution in [0.5, 0.6) is 23.0 Å². The van der Waals surface area contributed by atoms with Gasteiger partial charge in [0.2, 0.25) is 5.91 Å². The number of amides is 1. The Morgan fingerprint density at radius 3 is 2.30 bits per heavy atom. The summed E-state index contributed by atoms with van der Waals surface area (Å²) >= 11 is 0.